The Hall–Kier alpha value is -2.90. The van der Waals surface area contributed by atoms with Gasteiger partial charge in [-0.2, -0.15) is 13.2 Å². The average molecular weight is 350 g/mol. The summed E-state index contributed by atoms with van der Waals surface area (Å²) in [5.41, 5.74) is -2.96. The van der Waals surface area contributed by atoms with Crippen molar-refractivity contribution in [2.45, 2.75) is 24.7 Å². The Morgan fingerprint density at radius 1 is 1.24 bits per heavy atom. The lowest BCUT2D eigenvalue weighted by Crippen LogP contribution is -2.56. The van der Waals surface area contributed by atoms with E-state index in [0.29, 0.717) is 11.6 Å². The third-order valence-corrected chi connectivity index (χ3v) is 4.13. The van der Waals surface area contributed by atoms with Gasteiger partial charge in [0.15, 0.2) is 0 Å². The number of hydrogen-bond donors (Lipinski definition) is 0. The lowest BCUT2D eigenvalue weighted by Gasteiger charge is -2.27. The first-order valence-electron chi connectivity index (χ1n) is 7.36. The fourth-order valence-corrected chi connectivity index (χ4v) is 2.90. The number of alkyl halides is 3. The number of nitrogens with zero attached hydrogens (tertiary/aromatic N) is 2. The Labute approximate surface area is 140 Å². The normalized spacial score (nSPS) is 23.7. The number of halogens is 3. The van der Waals surface area contributed by atoms with Gasteiger partial charge in [-0.25, -0.2) is 0 Å². The molecule has 0 radical (unpaired) electrons. The molecule has 5 nitrogen and oxygen atoms in total. The summed E-state index contributed by atoms with van der Waals surface area (Å²) in [7, 11) is 0. The Bertz CT molecular complexity index is 887. The maximum atomic E-state index is 13.7. The van der Waals surface area contributed by atoms with Gasteiger partial charge in [0.2, 0.25) is 0 Å². The molecule has 3 rings (SSSR count). The average Bonchev–Trinajstić information content (AvgIpc) is 2.90. The molecule has 0 unspecified atom stereocenters. The van der Waals surface area contributed by atoms with Gasteiger partial charge in [0.25, 0.3) is 0 Å². The topological polar surface area (TPSA) is 64.7 Å². The summed E-state index contributed by atoms with van der Waals surface area (Å²) in [5.74, 6) is 0. The van der Waals surface area contributed by atoms with Gasteiger partial charge in [0, 0.05) is 4.92 Å². The summed E-state index contributed by atoms with van der Waals surface area (Å²) in [4.78, 5) is 14.7. The zero-order chi connectivity index (χ0) is 18.2. The Morgan fingerprint density at radius 3 is 2.60 bits per heavy atom. The van der Waals surface area contributed by atoms with E-state index in [1.165, 1.54) is 6.08 Å². The number of benzene rings is 2. The molecule has 0 N–H and O–H groups in total. The molecule has 0 spiro atoms. The molecule has 1 aliphatic rings. The molecule has 2 aromatic rings. The van der Waals surface area contributed by atoms with Crippen LogP contribution >= 0.6 is 0 Å². The van der Waals surface area contributed by atoms with Gasteiger partial charge in [0.1, 0.15) is 5.71 Å². The summed E-state index contributed by atoms with van der Waals surface area (Å²) in [6, 6.07) is 10.2. The highest BCUT2D eigenvalue weighted by molar-refractivity contribution is 5.92. The van der Waals surface area contributed by atoms with E-state index in [1.807, 2.05) is 18.2 Å². The molecule has 1 aliphatic heterocycles. The van der Waals surface area contributed by atoms with Gasteiger partial charge in [-0.05, 0) is 29.3 Å². The minimum Gasteiger partial charge on any atom is -0.367 e. The number of oxime groups is 1. The van der Waals surface area contributed by atoms with Crippen molar-refractivity contribution in [3.8, 4) is 0 Å². The van der Waals surface area contributed by atoms with Crippen molar-refractivity contribution in [3.63, 3.8) is 0 Å². The third kappa shape index (κ3) is 2.73. The highest BCUT2D eigenvalue weighted by atomic mass is 19.4. The van der Waals surface area contributed by atoms with Crippen LogP contribution in [-0.2, 0) is 4.84 Å². The van der Waals surface area contributed by atoms with Crippen molar-refractivity contribution < 1.29 is 22.9 Å². The summed E-state index contributed by atoms with van der Waals surface area (Å²) >= 11 is 0. The molecular formula is C17H13F3N2O3. The summed E-state index contributed by atoms with van der Waals surface area (Å²) in [6.45, 7) is 1.15. The van der Waals surface area contributed by atoms with Gasteiger partial charge in [-0.15, -0.1) is 0 Å². The molecule has 2 atom stereocenters. The molecule has 130 valence electrons. The molecule has 0 amide bonds. The lowest BCUT2D eigenvalue weighted by atomic mass is 9.90. The van der Waals surface area contributed by atoms with Crippen molar-refractivity contribution >= 4 is 22.6 Å². The first kappa shape index (κ1) is 16.9. The van der Waals surface area contributed by atoms with Crippen molar-refractivity contribution in [2.75, 3.05) is 0 Å². The predicted molar refractivity (Wildman–Crippen MR) is 86.7 cm³/mol. The second kappa shape index (κ2) is 5.87. The Morgan fingerprint density at radius 2 is 1.92 bits per heavy atom. The predicted octanol–water partition coefficient (Wildman–Crippen LogP) is 4.21. The van der Waals surface area contributed by atoms with Gasteiger partial charge < -0.3 is 4.84 Å². The molecule has 1 heterocycles. The minimum atomic E-state index is -5.01. The van der Waals surface area contributed by atoms with E-state index in [1.54, 1.807) is 24.3 Å². The molecule has 0 saturated heterocycles. The van der Waals surface area contributed by atoms with Crippen molar-refractivity contribution in [1.82, 2.24) is 0 Å². The van der Waals surface area contributed by atoms with Gasteiger partial charge in [-0.3, -0.25) is 10.1 Å². The highest BCUT2D eigenvalue weighted by Gasteiger charge is 2.70. The second-order valence-electron chi connectivity index (χ2n) is 5.70. The zero-order valence-electron chi connectivity index (χ0n) is 13.0. The first-order valence-corrected chi connectivity index (χ1v) is 7.36. The van der Waals surface area contributed by atoms with Crippen LogP contribution in [0.3, 0.4) is 0 Å². The maximum absolute atomic E-state index is 13.7. The van der Waals surface area contributed by atoms with Crippen molar-refractivity contribution in [1.29, 1.82) is 0 Å². The van der Waals surface area contributed by atoms with E-state index in [9.17, 15) is 23.3 Å². The van der Waals surface area contributed by atoms with Gasteiger partial charge >= 0.3 is 17.8 Å². The van der Waals surface area contributed by atoms with E-state index in [-0.39, 0.29) is 5.71 Å². The molecule has 0 fully saturated rings. The zero-order valence-corrected chi connectivity index (χ0v) is 13.0. The van der Waals surface area contributed by atoms with Crippen LogP contribution in [0.5, 0.6) is 0 Å². The fourth-order valence-electron chi connectivity index (χ4n) is 2.90. The van der Waals surface area contributed by atoms with Crippen molar-refractivity contribution in [2.24, 2.45) is 5.16 Å². The van der Waals surface area contributed by atoms with Crippen LogP contribution in [0.4, 0.5) is 13.2 Å². The van der Waals surface area contributed by atoms with Gasteiger partial charge in [-0.1, -0.05) is 53.7 Å². The standard InChI is InChI=1S/C17H13F3N2O3/c1-11-15(22(23)24)16(25-21-11,17(18,19)20)10-9-13-7-4-6-12-5-2-3-8-14(12)13/h2-10,15H,1H3/b10-9+/t15-,16-/m0/s1. The number of fused-ring (bicyclic) bond motifs is 1. The fraction of sp³-hybridized carbons (Fsp3) is 0.235. The molecule has 0 aliphatic carbocycles. The van der Waals surface area contributed by atoms with E-state index in [2.05, 4.69) is 9.99 Å². The second-order valence-corrected chi connectivity index (χ2v) is 5.70. The van der Waals surface area contributed by atoms with Crippen molar-refractivity contribution in [3.05, 3.63) is 64.2 Å². The van der Waals surface area contributed by atoms with Crippen LogP contribution in [0, 0.1) is 10.1 Å². The molecule has 0 saturated carbocycles. The first-order chi connectivity index (χ1) is 11.8. The quantitative estimate of drug-likeness (QED) is 0.615. The maximum Gasteiger partial charge on any atom is 0.442 e. The Balaban J connectivity index is 2.11. The van der Waals surface area contributed by atoms with E-state index in [4.69, 9.17) is 0 Å². The van der Waals surface area contributed by atoms with Crippen LogP contribution in [0.1, 0.15) is 12.5 Å². The number of hydrogen-bond acceptors (Lipinski definition) is 4. The van der Waals surface area contributed by atoms with Crippen LogP contribution in [-0.4, -0.2) is 28.5 Å². The molecule has 8 heteroatoms. The monoisotopic (exact) mass is 350 g/mol. The summed E-state index contributed by atoms with van der Waals surface area (Å²) in [5, 5.41) is 16.0. The highest BCUT2D eigenvalue weighted by Crippen LogP contribution is 2.43. The minimum absolute atomic E-state index is 0.329. The summed E-state index contributed by atoms with van der Waals surface area (Å²) in [6.07, 6.45) is -3.13. The van der Waals surface area contributed by atoms with Gasteiger partial charge in [0.05, 0.1) is 0 Å². The molecule has 0 bridgehead atoms. The Kier molecular flexibility index (Phi) is 3.98. The lowest BCUT2D eigenvalue weighted by molar-refractivity contribution is -0.531. The van der Waals surface area contributed by atoms with E-state index in [0.717, 1.165) is 17.7 Å². The molecule has 2 aromatic carbocycles. The smallest absolute Gasteiger partial charge is 0.367 e. The van der Waals surface area contributed by atoms with Crippen LogP contribution < -0.4 is 0 Å². The molecular weight excluding hydrogens is 337 g/mol. The number of nitro groups is 1. The van der Waals surface area contributed by atoms with Crippen LogP contribution in [0.15, 0.2) is 53.7 Å². The SMILES string of the molecule is CC1=NO[C@](/C=C/c2cccc3ccccc23)(C(F)(F)F)[C@H]1[N+](=O)[O-]. The van der Waals surface area contributed by atoms with E-state index >= 15 is 0 Å². The summed E-state index contributed by atoms with van der Waals surface area (Å²) < 4.78 is 41.0. The molecule has 0 aromatic heterocycles. The number of rotatable bonds is 3. The largest absolute Gasteiger partial charge is 0.442 e. The van der Waals surface area contributed by atoms with Crippen LogP contribution in [0.25, 0.3) is 16.8 Å². The molecule has 25 heavy (non-hydrogen) atoms. The third-order valence-electron chi connectivity index (χ3n) is 4.13. The van der Waals surface area contributed by atoms with E-state index < -0.39 is 22.7 Å². The van der Waals surface area contributed by atoms with Crippen LogP contribution in [0.2, 0.25) is 0 Å².